The van der Waals surface area contributed by atoms with Crippen molar-refractivity contribution in [1.29, 1.82) is 0 Å². The molecule has 7 heteroatoms. The lowest BCUT2D eigenvalue weighted by atomic mass is 9.88. The highest BCUT2D eigenvalue weighted by atomic mass is 16.6. The van der Waals surface area contributed by atoms with Gasteiger partial charge in [-0.05, 0) is 6.92 Å². The van der Waals surface area contributed by atoms with Crippen molar-refractivity contribution < 1.29 is 24.4 Å². The van der Waals surface area contributed by atoms with Crippen LogP contribution in [0.15, 0.2) is 24.3 Å². The molecule has 0 bridgehead atoms. The topological polar surface area (TPSA) is 107 Å². The number of nitro groups is 1. The Kier molecular flexibility index (Phi) is 4.34. The first-order valence-electron chi connectivity index (χ1n) is 5.36. The summed E-state index contributed by atoms with van der Waals surface area (Å²) in [6.45, 7) is 1.20. The van der Waals surface area contributed by atoms with Gasteiger partial charge in [0.25, 0.3) is 5.69 Å². The molecule has 0 aromatic heterocycles. The number of ether oxygens (including phenoxy) is 1. The first-order valence-corrected chi connectivity index (χ1v) is 5.36. The van der Waals surface area contributed by atoms with Crippen LogP contribution in [0.1, 0.15) is 18.9 Å². The molecule has 1 rings (SSSR count). The molecule has 0 aliphatic carbocycles. The van der Waals surface area contributed by atoms with E-state index in [0.29, 0.717) is 0 Å². The smallest absolute Gasteiger partial charge is 0.343 e. The van der Waals surface area contributed by atoms with E-state index in [1.165, 1.54) is 25.1 Å². The van der Waals surface area contributed by atoms with Crippen LogP contribution in [-0.2, 0) is 19.9 Å². The van der Waals surface area contributed by atoms with Crippen molar-refractivity contribution >= 4 is 17.4 Å². The summed E-state index contributed by atoms with van der Waals surface area (Å²) in [5.74, 6) is -1.48. The molecule has 0 radical (unpaired) electrons. The van der Waals surface area contributed by atoms with E-state index in [4.69, 9.17) is 0 Å². The third-order valence-corrected chi connectivity index (χ3v) is 2.56. The molecule has 0 aliphatic rings. The number of hydrogen-bond donors (Lipinski definition) is 1. The second-order valence-corrected chi connectivity index (χ2v) is 4.04. The Morgan fingerprint density at radius 3 is 2.58 bits per heavy atom. The van der Waals surface area contributed by atoms with Gasteiger partial charge < -0.3 is 9.84 Å². The Bertz CT molecular complexity index is 527. The van der Waals surface area contributed by atoms with Gasteiger partial charge in [-0.25, -0.2) is 4.79 Å². The number of rotatable bonds is 5. The number of nitrogens with zero attached hydrogens (tertiary/aromatic N) is 1. The third-order valence-electron chi connectivity index (χ3n) is 2.56. The number of hydrogen-bond acceptors (Lipinski definition) is 6. The van der Waals surface area contributed by atoms with Crippen molar-refractivity contribution in [2.24, 2.45) is 0 Å². The van der Waals surface area contributed by atoms with Crippen molar-refractivity contribution in [3.63, 3.8) is 0 Å². The van der Waals surface area contributed by atoms with Crippen LogP contribution in [-0.4, -0.2) is 28.9 Å². The minimum absolute atomic E-state index is 0.0521. The van der Waals surface area contributed by atoms with Gasteiger partial charge in [-0.15, -0.1) is 0 Å². The van der Waals surface area contributed by atoms with Crippen LogP contribution in [0.3, 0.4) is 0 Å². The van der Waals surface area contributed by atoms with E-state index in [1.54, 1.807) is 0 Å². The maximum Gasteiger partial charge on any atom is 0.343 e. The molecular weight excluding hydrogens is 254 g/mol. The summed E-state index contributed by atoms with van der Waals surface area (Å²) in [7, 11) is 1.06. The second-order valence-electron chi connectivity index (χ2n) is 4.04. The van der Waals surface area contributed by atoms with E-state index in [0.717, 1.165) is 13.2 Å². The number of carbonyl (C=O) groups is 2. The van der Waals surface area contributed by atoms with Crippen molar-refractivity contribution in [3.8, 4) is 0 Å². The Morgan fingerprint density at radius 2 is 2.11 bits per heavy atom. The molecule has 1 N–H and O–H groups in total. The molecule has 0 spiro atoms. The highest BCUT2D eigenvalue weighted by molar-refractivity contribution is 5.88. The average molecular weight is 267 g/mol. The van der Waals surface area contributed by atoms with E-state index in [-0.39, 0.29) is 11.3 Å². The summed E-state index contributed by atoms with van der Waals surface area (Å²) in [4.78, 5) is 32.9. The summed E-state index contributed by atoms with van der Waals surface area (Å²) in [6, 6.07) is 4.91. The quantitative estimate of drug-likeness (QED) is 0.483. The minimum Gasteiger partial charge on any atom is -0.467 e. The number of nitro benzene ring substituents is 1. The van der Waals surface area contributed by atoms with Crippen LogP contribution in [0.25, 0.3) is 0 Å². The molecule has 0 amide bonds. The van der Waals surface area contributed by atoms with Gasteiger partial charge in [0.1, 0.15) is 5.78 Å². The summed E-state index contributed by atoms with van der Waals surface area (Å²) in [5, 5.41) is 21.0. The lowest BCUT2D eigenvalue weighted by Crippen LogP contribution is -2.38. The Balaban J connectivity index is 3.32. The Hall–Kier alpha value is -2.28. The van der Waals surface area contributed by atoms with Gasteiger partial charge in [0.05, 0.1) is 12.0 Å². The Labute approximate surface area is 109 Å². The first-order chi connectivity index (χ1) is 8.81. The highest BCUT2D eigenvalue weighted by Crippen LogP contribution is 2.29. The SMILES string of the molecule is COC(=O)[C@](O)(CC(C)=O)c1cccc([N+](=O)[O-])c1. The number of esters is 1. The normalized spacial score (nSPS) is 13.4. The van der Waals surface area contributed by atoms with Crippen molar-refractivity contribution in [2.75, 3.05) is 7.11 Å². The fourth-order valence-electron chi connectivity index (χ4n) is 1.70. The van der Waals surface area contributed by atoms with E-state index in [9.17, 15) is 24.8 Å². The Morgan fingerprint density at radius 1 is 1.47 bits per heavy atom. The van der Waals surface area contributed by atoms with Crippen LogP contribution in [0.2, 0.25) is 0 Å². The molecule has 0 saturated heterocycles. The fourth-order valence-corrected chi connectivity index (χ4v) is 1.70. The van der Waals surface area contributed by atoms with Crippen LogP contribution < -0.4 is 0 Å². The summed E-state index contributed by atoms with van der Waals surface area (Å²) >= 11 is 0. The number of carbonyl (C=O) groups excluding carboxylic acids is 2. The molecule has 1 aromatic rings. The lowest BCUT2D eigenvalue weighted by Gasteiger charge is -2.24. The monoisotopic (exact) mass is 267 g/mol. The molecule has 7 nitrogen and oxygen atoms in total. The van der Waals surface area contributed by atoms with Crippen LogP contribution in [0, 0.1) is 10.1 Å². The van der Waals surface area contributed by atoms with Crippen LogP contribution in [0.4, 0.5) is 5.69 Å². The molecule has 19 heavy (non-hydrogen) atoms. The first kappa shape index (κ1) is 14.8. The molecule has 0 fully saturated rings. The predicted molar refractivity (Wildman–Crippen MR) is 64.3 cm³/mol. The largest absolute Gasteiger partial charge is 0.467 e. The van der Waals surface area contributed by atoms with Crippen molar-refractivity contribution in [1.82, 2.24) is 0 Å². The average Bonchev–Trinajstić information content (AvgIpc) is 2.36. The lowest BCUT2D eigenvalue weighted by molar-refractivity contribution is -0.385. The molecule has 0 unspecified atom stereocenters. The minimum atomic E-state index is -2.22. The van der Waals surface area contributed by atoms with E-state index >= 15 is 0 Å². The van der Waals surface area contributed by atoms with Gasteiger partial charge in [0, 0.05) is 24.1 Å². The van der Waals surface area contributed by atoms with Gasteiger partial charge >= 0.3 is 5.97 Å². The number of ketones is 1. The fraction of sp³-hybridized carbons (Fsp3) is 0.333. The predicted octanol–water partition coefficient (Wildman–Crippen LogP) is 0.935. The zero-order valence-electron chi connectivity index (χ0n) is 10.5. The van der Waals surface area contributed by atoms with Crippen LogP contribution >= 0.6 is 0 Å². The molecule has 102 valence electrons. The molecule has 1 aromatic carbocycles. The summed E-state index contributed by atoms with van der Waals surface area (Å²) < 4.78 is 4.46. The van der Waals surface area contributed by atoms with Gasteiger partial charge in [0.15, 0.2) is 5.60 Å². The molecule has 0 saturated carbocycles. The highest BCUT2D eigenvalue weighted by Gasteiger charge is 2.41. The number of aliphatic hydroxyl groups is 1. The second kappa shape index (κ2) is 5.57. The van der Waals surface area contributed by atoms with Crippen LogP contribution in [0.5, 0.6) is 0 Å². The molecule has 1 atom stereocenters. The molecule has 0 aliphatic heterocycles. The number of benzene rings is 1. The number of Topliss-reactive ketones (excluding diaryl/α,β-unsaturated/α-hetero) is 1. The van der Waals surface area contributed by atoms with Gasteiger partial charge in [-0.3, -0.25) is 14.9 Å². The van der Waals surface area contributed by atoms with Crippen molar-refractivity contribution in [3.05, 3.63) is 39.9 Å². The number of non-ortho nitro benzene ring substituents is 1. The summed E-state index contributed by atoms with van der Waals surface area (Å²) in [6.07, 6.45) is -0.513. The van der Waals surface area contributed by atoms with E-state index in [2.05, 4.69) is 4.74 Å². The standard InChI is InChI=1S/C12H13NO6/c1-8(14)7-12(16,11(15)19-2)9-4-3-5-10(6-9)13(17)18/h3-6,16H,7H2,1-2H3/t12-/m0/s1. The third kappa shape index (κ3) is 3.14. The zero-order valence-corrected chi connectivity index (χ0v) is 10.5. The maximum atomic E-state index is 11.7. The van der Waals surface area contributed by atoms with Crippen molar-refractivity contribution in [2.45, 2.75) is 18.9 Å². The molecular formula is C12H13NO6. The molecule has 0 heterocycles. The number of methoxy groups -OCH3 is 1. The zero-order chi connectivity index (χ0) is 14.6. The van der Waals surface area contributed by atoms with E-state index < -0.39 is 28.7 Å². The van der Waals surface area contributed by atoms with Gasteiger partial charge in [0.2, 0.25) is 0 Å². The maximum absolute atomic E-state index is 11.7. The van der Waals surface area contributed by atoms with Gasteiger partial charge in [-0.1, -0.05) is 12.1 Å². The van der Waals surface area contributed by atoms with E-state index in [1.807, 2.05) is 0 Å². The summed E-state index contributed by atoms with van der Waals surface area (Å²) in [5.41, 5.74) is -2.56. The van der Waals surface area contributed by atoms with Gasteiger partial charge in [-0.2, -0.15) is 0 Å².